The van der Waals surface area contributed by atoms with E-state index in [9.17, 15) is 14.4 Å². The van der Waals surface area contributed by atoms with Crippen molar-refractivity contribution in [1.82, 2.24) is 10.2 Å². The molecule has 2 unspecified atom stereocenters. The molecule has 3 aromatic carbocycles. The summed E-state index contributed by atoms with van der Waals surface area (Å²) in [5.74, 6) is -0.647. The highest BCUT2D eigenvalue weighted by Gasteiger charge is 2.34. The number of nitrogens with zero attached hydrogens (tertiary/aromatic N) is 1. The number of hydrogen-bond acceptors (Lipinski definition) is 4. The normalized spacial score (nSPS) is 12.8. The first-order valence-electron chi connectivity index (χ1n) is 15.1. The Morgan fingerprint density at radius 2 is 1.50 bits per heavy atom. The maximum atomic E-state index is 14.1. The van der Waals surface area contributed by atoms with Crippen LogP contribution in [0.3, 0.4) is 0 Å². The summed E-state index contributed by atoms with van der Waals surface area (Å²) >= 11 is 0. The number of nitrogens with one attached hydrogen (secondary N) is 2. The summed E-state index contributed by atoms with van der Waals surface area (Å²) < 4.78 is 5.39. The molecule has 0 aliphatic heterocycles. The van der Waals surface area contributed by atoms with Crippen molar-refractivity contribution in [3.63, 3.8) is 0 Å². The van der Waals surface area contributed by atoms with Gasteiger partial charge < -0.3 is 20.3 Å². The van der Waals surface area contributed by atoms with Crippen LogP contribution in [0.15, 0.2) is 66.7 Å². The van der Waals surface area contributed by atoms with E-state index < -0.39 is 23.8 Å². The number of anilines is 1. The Hall–Kier alpha value is -3.87. The van der Waals surface area contributed by atoms with Gasteiger partial charge in [-0.15, -0.1) is 0 Å². The van der Waals surface area contributed by atoms with Crippen LogP contribution >= 0.6 is 0 Å². The van der Waals surface area contributed by atoms with Gasteiger partial charge in [0.2, 0.25) is 5.91 Å². The van der Waals surface area contributed by atoms with E-state index >= 15 is 0 Å². The molecule has 7 nitrogen and oxygen atoms in total. The molecule has 0 aliphatic rings. The molecule has 0 saturated carbocycles. The van der Waals surface area contributed by atoms with E-state index in [4.69, 9.17) is 4.74 Å². The zero-order valence-electron chi connectivity index (χ0n) is 26.0. The average Bonchev–Trinajstić information content (AvgIpc) is 2.93. The third-order valence-corrected chi connectivity index (χ3v) is 7.11. The van der Waals surface area contributed by atoms with Crippen molar-refractivity contribution in [3.05, 3.63) is 77.9 Å². The Kier molecular flexibility index (Phi) is 12.0. The van der Waals surface area contributed by atoms with Gasteiger partial charge in [0.15, 0.2) is 0 Å². The minimum Gasteiger partial charge on any atom is -0.444 e. The summed E-state index contributed by atoms with van der Waals surface area (Å²) in [6, 6.07) is 19.7. The summed E-state index contributed by atoms with van der Waals surface area (Å²) in [5, 5.41) is 7.83. The Labute approximate surface area is 251 Å². The molecule has 2 atom stereocenters. The number of carbonyl (C=O) groups is 3. The van der Waals surface area contributed by atoms with Gasteiger partial charge in [-0.3, -0.25) is 9.59 Å². The predicted octanol–water partition coefficient (Wildman–Crippen LogP) is 7.93. The highest BCUT2D eigenvalue weighted by molar-refractivity contribution is 6.00. The molecule has 3 aromatic rings. The van der Waals surface area contributed by atoms with Crippen LogP contribution in [-0.4, -0.2) is 41.0 Å². The Bertz CT molecular complexity index is 1330. The van der Waals surface area contributed by atoms with E-state index in [2.05, 4.69) is 17.6 Å². The summed E-state index contributed by atoms with van der Waals surface area (Å²) in [4.78, 5) is 42.2. The quantitative estimate of drug-likeness (QED) is 0.203. The molecule has 0 saturated heterocycles. The highest BCUT2D eigenvalue weighted by Crippen LogP contribution is 2.27. The lowest BCUT2D eigenvalue weighted by Crippen LogP contribution is -2.51. The number of amides is 3. The van der Waals surface area contributed by atoms with E-state index in [0.717, 1.165) is 48.4 Å². The number of alkyl carbamates (subject to hydrolysis) is 1. The van der Waals surface area contributed by atoms with Gasteiger partial charge in [-0.2, -0.15) is 0 Å². The second kappa shape index (κ2) is 15.4. The third-order valence-electron chi connectivity index (χ3n) is 7.11. The molecule has 42 heavy (non-hydrogen) atoms. The SMILES string of the molecule is CCCCCCCCN(C(=O)C(C)NC(=O)OC(C)(C)C)C(C(=O)Nc1ccc2ccccc2c1)c1ccc(C)cc1. The summed E-state index contributed by atoms with van der Waals surface area (Å²) in [6.07, 6.45) is 5.58. The first kappa shape index (κ1) is 32.6. The van der Waals surface area contributed by atoms with Crippen LogP contribution in [0, 0.1) is 6.92 Å². The first-order chi connectivity index (χ1) is 20.0. The molecule has 0 aromatic heterocycles. The number of aryl methyl sites for hydroxylation is 1. The molecule has 0 heterocycles. The highest BCUT2D eigenvalue weighted by atomic mass is 16.6. The number of unbranched alkanes of at least 4 members (excludes halogenated alkanes) is 5. The largest absolute Gasteiger partial charge is 0.444 e. The number of rotatable bonds is 13. The van der Waals surface area contributed by atoms with Gasteiger partial charge in [0, 0.05) is 12.2 Å². The monoisotopic (exact) mass is 573 g/mol. The molecular weight excluding hydrogens is 526 g/mol. The van der Waals surface area contributed by atoms with Crippen LogP contribution in [0.25, 0.3) is 10.8 Å². The van der Waals surface area contributed by atoms with Crippen molar-refractivity contribution >= 4 is 34.4 Å². The van der Waals surface area contributed by atoms with Gasteiger partial charge in [-0.25, -0.2) is 4.79 Å². The lowest BCUT2D eigenvalue weighted by molar-refractivity contribution is -0.140. The zero-order valence-corrected chi connectivity index (χ0v) is 26.0. The summed E-state index contributed by atoms with van der Waals surface area (Å²) in [6.45, 7) is 11.5. The van der Waals surface area contributed by atoms with Crippen molar-refractivity contribution in [3.8, 4) is 0 Å². The molecule has 0 aliphatic carbocycles. The average molecular weight is 574 g/mol. The molecule has 226 valence electrons. The lowest BCUT2D eigenvalue weighted by Gasteiger charge is -2.34. The molecule has 0 fully saturated rings. The van der Waals surface area contributed by atoms with Crippen LogP contribution in [-0.2, 0) is 14.3 Å². The molecule has 0 bridgehead atoms. The molecule has 0 spiro atoms. The van der Waals surface area contributed by atoms with Gasteiger partial charge >= 0.3 is 6.09 Å². The van der Waals surface area contributed by atoms with E-state index in [1.165, 1.54) is 6.42 Å². The number of ether oxygens (including phenoxy) is 1. The van der Waals surface area contributed by atoms with Crippen molar-refractivity contribution in [2.45, 2.75) is 97.8 Å². The van der Waals surface area contributed by atoms with Gasteiger partial charge in [0.1, 0.15) is 17.7 Å². The summed E-state index contributed by atoms with van der Waals surface area (Å²) in [7, 11) is 0. The van der Waals surface area contributed by atoms with E-state index in [1.54, 1.807) is 32.6 Å². The number of fused-ring (bicyclic) bond motifs is 1. The second-order valence-electron chi connectivity index (χ2n) is 12.0. The maximum Gasteiger partial charge on any atom is 0.408 e. The topological polar surface area (TPSA) is 87.7 Å². The Balaban J connectivity index is 1.92. The fourth-order valence-corrected chi connectivity index (χ4v) is 4.92. The van der Waals surface area contributed by atoms with E-state index in [0.29, 0.717) is 17.8 Å². The van der Waals surface area contributed by atoms with Gasteiger partial charge in [-0.05, 0) is 69.5 Å². The molecule has 0 radical (unpaired) electrons. The van der Waals surface area contributed by atoms with Crippen molar-refractivity contribution < 1.29 is 19.1 Å². The lowest BCUT2D eigenvalue weighted by atomic mass is 10.0. The van der Waals surface area contributed by atoms with E-state index in [1.807, 2.05) is 73.7 Å². The molecule has 3 rings (SSSR count). The van der Waals surface area contributed by atoms with Crippen LogP contribution < -0.4 is 10.6 Å². The van der Waals surface area contributed by atoms with Crippen LogP contribution in [0.1, 0.15) is 90.3 Å². The summed E-state index contributed by atoms with van der Waals surface area (Å²) in [5.41, 5.74) is 1.72. The van der Waals surface area contributed by atoms with Gasteiger partial charge in [0.05, 0.1) is 0 Å². The van der Waals surface area contributed by atoms with Crippen molar-refractivity contribution in [1.29, 1.82) is 0 Å². The first-order valence-corrected chi connectivity index (χ1v) is 15.1. The smallest absolute Gasteiger partial charge is 0.408 e. The van der Waals surface area contributed by atoms with Crippen LogP contribution in [0.2, 0.25) is 0 Å². The fourth-order valence-electron chi connectivity index (χ4n) is 4.92. The number of hydrogen-bond donors (Lipinski definition) is 2. The zero-order chi connectivity index (χ0) is 30.7. The second-order valence-corrected chi connectivity index (χ2v) is 12.0. The number of benzene rings is 3. The van der Waals surface area contributed by atoms with Gasteiger partial charge in [-0.1, -0.05) is 99.2 Å². The van der Waals surface area contributed by atoms with Gasteiger partial charge in [0.25, 0.3) is 5.91 Å². The van der Waals surface area contributed by atoms with Crippen LogP contribution in [0.5, 0.6) is 0 Å². The molecular formula is C35H47N3O4. The maximum absolute atomic E-state index is 14.1. The standard InChI is InChI=1S/C35H47N3O4/c1-7-8-9-10-11-14-23-38(33(40)26(3)36-34(41)42-35(4,5)6)31(28-19-17-25(2)18-20-28)32(39)37-30-22-21-27-15-12-13-16-29(27)24-30/h12-13,15-22,24,26,31H,7-11,14,23H2,1-6H3,(H,36,41)(H,37,39). The van der Waals surface area contributed by atoms with Crippen molar-refractivity contribution in [2.24, 2.45) is 0 Å². The van der Waals surface area contributed by atoms with Crippen LogP contribution in [0.4, 0.5) is 10.5 Å². The minimum atomic E-state index is -0.888. The molecule has 7 heteroatoms. The minimum absolute atomic E-state index is 0.307. The number of carbonyl (C=O) groups excluding carboxylic acids is 3. The molecule has 2 N–H and O–H groups in total. The predicted molar refractivity (Wildman–Crippen MR) is 170 cm³/mol. The Morgan fingerprint density at radius 3 is 2.17 bits per heavy atom. The molecule has 3 amide bonds. The van der Waals surface area contributed by atoms with Crippen molar-refractivity contribution in [2.75, 3.05) is 11.9 Å². The third kappa shape index (κ3) is 9.89. The fraction of sp³-hybridized carbons (Fsp3) is 0.457. The Morgan fingerprint density at radius 1 is 0.857 bits per heavy atom. The van der Waals surface area contributed by atoms with E-state index in [-0.39, 0.29) is 11.8 Å².